The maximum Gasteiger partial charge on any atom is 0.339 e. The molecule has 0 radical (unpaired) electrons. The molecule has 1 heterocycles. The summed E-state index contributed by atoms with van der Waals surface area (Å²) in [6, 6.07) is 11.0. The van der Waals surface area contributed by atoms with Crippen LogP contribution in [0.4, 0.5) is 5.69 Å². The van der Waals surface area contributed by atoms with Gasteiger partial charge in [0, 0.05) is 17.7 Å². The maximum absolute atomic E-state index is 11.9. The van der Waals surface area contributed by atoms with E-state index < -0.39 is 0 Å². The molecule has 1 aromatic heterocycles. The number of carbonyl (C=O) groups excluding carboxylic acids is 1. The van der Waals surface area contributed by atoms with Gasteiger partial charge >= 0.3 is 5.97 Å². The normalized spacial score (nSPS) is 14.0. The highest BCUT2D eigenvalue weighted by Crippen LogP contribution is 2.40. The van der Waals surface area contributed by atoms with E-state index in [0.717, 1.165) is 35.7 Å². The molecule has 1 fully saturated rings. The summed E-state index contributed by atoms with van der Waals surface area (Å²) >= 11 is 0. The molecule has 1 aliphatic carbocycles. The summed E-state index contributed by atoms with van der Waals surface area (Å²) in [5.41, 5.74) is 8.83. The minimum absolute atomic E-state index is 0.282. The van der Waals surface area contributed by atoms with Crippen LogP contribution in [0.25, 0.3) is 0 Å². The minimum Gasteiger partial charge on any atom is -0.497 e. The van der Waals surface area contributed by atoms with E-state index in [1.807, 2.05) is 24.3 Å². The van der Waals surface area contributed by atoms with E-state index in [2.05, 4.69) is 15.3 Å². The van der Waals surface area contributed by atoms with Gasteiger partial charge in [0.05, 0.1) is 37.7 Å². The van der Waals surface area contributed by atoms with Crippen LogP contribution in [0, 0.1) is 0 Å². The zero-order valence-electron chi connectivity index (χ0n) is 14.9. The lowest BCUT2D eigenvalue weighted by Gasteiger charge is -2.09. The van der Waals surface area contributed by atoms with E-state index in [1.165, 1.54) is 7.11 Å². The van der Waals surface area contributed by atoms with E-state index >= 15 is 0 Å². The smallest absolute Gasteiger partial charge is 0.339 e. The first-order valence-electron chi connectivity index (χ1n) is 8.40. The molecule has 3 N–H and O–H groups in total. The fourth-order valence-corrected chi connectivity index (χ4v) is 2.61. The van der Waals surface area contributed by atoms with E-state index in [-0.39, 0.29) is 11.9 Å². The van der Waals surface area contributed by atoms with Crippen molar-refractivity contribution in [1.29, 1.82) is 0 Å². The Hall–Kier alpha value is -3.09. The molecule has 0 amide bonds. The molecular weight excluding hydrogens is 332 g/mol. The number of rotatable bonds is 6. The van der Waals surface area contributed by atoms with Crippen LogP contribution in [0.15, 0.2) is 41.4 Å². The highest BCUT2D eigenvalue weighted by atomic mass is 16.5. The van der Waals surface area contributed by atoms with Gasteiger partial charge in [-0.25, -0.2) is 9.79 Å². The van der Waals surface area contributed by atoms with Crippen molar-refractivity contribution in [2.75, 3.05) is 19.5 Å². The molecule has 136 valence electrons. The molecule has 0 saturated heterocycles. The number of nitrogens with one attached hydrogen (secondary N) is 1. The number of benzene rings is 1. The SMILES string of the molecule is COC(=O)c1ccc(CN=C(N)Nc2cccc(OC)c2)nc1C1CC1. The first kappa shape index (κ1) is 17.7. The van der Waals surface area contributed by atoms with Gasteiger partial charge in [0.1, 0.15) is 5.75 Å². The topological polar surface area (TPSA) is 98.8 Å². The molecule has 0 unspecified atom stereocenters. The number of methoxy groups -OCH3 is 2. The average molecular weight is 354 g/mol. The summed E-state index contributed by atoms with van der Waals surface area (Å²) in [7, 11) is 2.99. The number of aliphatic imine (C=N–C) groups is 1. The second-order valence-corrected chi connectivity index (χ2v) is 6.06. The van der Waals surface area contributed by atoms with Gasteiger partial charge in [-0.1, -0.05) is 6.07 Å². The van der Waals surface area contributed by atoms with Crippen LogP contribution >= 0.6 is 0 Å². The number of nitrogens with two attached hydrogens (primary N) is 1. The largest absolute Gasteiger partial charge is 0.497 e. The molecule has 7 heteroatoms. The first-order valence-corrected chi connectivity index (χ1v) is 8.40. The predicted molar refractivity (Wildman–Crippen MR) is 99.5 cm³/mol. The van der Waals surface area contributed by atoms with Crippen LogP contribution in [0.2, 0.25) is 0 Å². The van der Waals surface area contributed by atoms with Crippen LogP contribution in [-0.4, -0.2) is 31.1 Å². The molecule has 2 aromatic rings. The summed E-state index contributed by atoms with van der Waals surface area (Å²) in [5, 5.41) is 3.02. The Kier molecular flexibility index (Phi) is 5.36. The Morgan fingerprint density at radius 3 is 2.81 bits per heavy atom. The zero-order chi connectivity index (χ0) is 18.5. The Balaban J connectivity index is 1.70. The fraction of sp³-hybridized carbons (Fsp3) is 0.316. The van der Waals surface area contributed by atoms with E-state index in [1.54, 1.807) is 19.2 Å². The molecule has 7 nitrogen and oxygen atoms in total. The van der Waals surface area contributed by atoms with Gasteiger partial charge in [0.25, 0.3) is 0 Å². The second-order valence-electron chi connectivity index (χ2n) is 6.06. The van der Waals surface area contributed by atoms with Crippen molar-refractivity contribution < 1.29 is 14.3 Å². The lowest BCUT2D eigenvalue weighted by Crippen LogP contribution is -2.22. The number of ether oxygens (including phenoxy) is 2. The number of anilines is 1. The van der Waals surface area contributed by atoms with Crippen molar-refractivity contribution in [2.24, 2.45) is 10.7 Å². The van der Waals surface area contributed by atoms with Crippen LogP contribution < -0.4 is 15.8 Å². The number of aromatic nitrogens is 1. The van der Waals surface area contributed by atoms with Crippen molar-refractivity contribution in [3.63, 3.8) is 0 Å². The highest BCUT2D eigenvalue weighted by Gasteiger charge is 2.30. The maximum atomic E-state index is 11.9. The molecule has 1 aromatic carbocycles. The summed E-state index contributed by atoms with van der Waals surface area (Å²) in [6.45, 7) is 0.323. The van der Waals surface area contributed by atoms with Gasteiger partial charge in [-0.2, -0.15) is 0 Å². The van der Waals surface area contributed by atoms with Crippen LogP contribution in [0.5, 0.6) is 5.75 Å². The van der Waals surface area contributed by atoms with Gasteiger partial charge in [0.2, 0.25) is 0 Å². The van der Waals surface area contributed by atoms with E-state index in [4.69, 9.17) is 15.2 Å². The molecule has 26 heavy (non-hydrogen) atoms. The average Bonchev–Trinajstić information content (AvgIpc) is 3.51. The van der Waals surface area contributed by atoms with Gasteiger partial charge in [-0.05, 0) is 37.1 Å². The van der Waals surface area contributed by atoms with Crippen molar-refractivity contribution in [3.05, 3.63) is 53.3 Å². The van der Waals surface area contributed by atoms with Gasteiger partial charge in [-0.15, -0.1) is 0 Å². The van der Waals surface area contributed by atoms with Crippen LogP contribution in [0.1, 0.15) is 40.5 Å². The van der Waals surface area contributed by atoms with Crippen molar-refractivity contribution in [3.8, 4) is 5.75 Å². The molecule has 0 atom stereocenters. The van der Waals surface area contributed by atoms with Gasteiger partial charge in [-0.3, -0.25) is 4.98 Å². The Bertz CT molecular complexity index is 831. The number of guanidine groups is 1. The predicted octanol–water partition coefficient (Wildman–Crippen LogP) is 2.68. The van der Waals surface area contributed by atoms with E-state index in [9.17, 15) is 4.79 Å². The molecule has 1 saturated carbocycles. The molecule has 0 aliphatic heterocycles. The Labute approximate surface area is 152 Å². The summed E-state index contributed by atoms with van der Waals surface area (Å²) in [4.78, 5) is 20.8. The molecule has 3 rings (SSSR count). The number of nitrogens with zero attached hydrogens (tertiary/aromatic N) is 2. The van der Waals surface area contributed by atoms with Crippen molar-refractivity contribution in [2.45, 2.75) is 25.3 Å². The fourth-order valence-electron chi connectivity index (χ4n) is 2.61. The third-order valence-electron chi connectivity index (χ3n) is 4.11. The summed E-state index contributed by atoms with van der Waals surface area (Å²) in [5.74, 6) is 0.996. The number of hydrogen-bond acceptors (Lipinski definition) is 5. The van der Waals surface area contributed by atoms with Crippen molar-refractivity contribution >= 4 is 17.6 Å². The number of hydrogen-bond donors (Lipinski definition) is 2. The second kappa shape index (κ2) is 7.86. The number of carbonyl (C=O) groups is 1. The minimum atomic E-state index is -0.353. The molecule has 0 spiro atoms. The summed E-state index contributed by atoms with van der Waals surface area (Å²) in [6.07, 6.45) is 2.09. The monoisotopic (exact) mass is 354 g/mol. The van der Waals surface area contributed by atoms with Gasteiger partial charge < -0.3 is 20.5 Å². The molecular formula is C19H22N4O3. The quantitative estimate of drug-likeness (QED) is 0.470. The highest BCUT2D eigenvalue weighted by molar-refractivity contribution is 5.92. The zero-order valence-corrected chi connectivity index (χ0v) is 14.9. The van der Waals surface area contributed by atoms with E-state index in [0.29, 0.717) is 18.0 Å². The summed E-state index contributed by atoms with van der Waals surface area (Å²) < 4.78 is 10.0. The Morgan fingerprint density at radius 1 is 1.31 bits per heavy atom. The number of pyridine rings is 1. The molecule has 0 bridgehead atoms. The number of esters is 1. The van der Waals surface area contributed by atoms with Gasteiger partial charge in [0.15, 0.2) is 5.96 Å². The van der Waals surface area contributed by atoms with Crippen LogP contribution in [-0.2, 0) is 11.3 Å². The van der Waals surface area contributed by atoms with Crippen LogP contribution in [0.3, 0.4) is 0 Å². The Morgan fingerprint density at radius 2 is 2.12 bits per heavy atom. The first-order chi connectivity index (χ1) is 12.6. The lowest BCUT2D eigenvalue weighted by atomic mass is 10.1. The molecule has 1 aliphatic rings. The lowest BCUT2D eigenvalue weighted by molar-refractivity contribution is 0.0598. The standard InChI is InChI=1S/C19H22N4O3/c1-25-15-5-3-4-13(10-15)23-19(20)21-11-14-8-9-16(18(24)26-2)17(22-14)12-6-7-12/h3-5,8-10,12H,6-7,11H2,1-2H3,(H3,20,21,23). The third kappa shape index (κ3) is 4.30. The van der Waals surface area contributed by atoms with Crippen molar-refractivity contribution in [1.82, 2.24) is 4.98 Å². The third-order valence-corrected chi connectivity index (χ3v) is 4.11.